The summed E-state index contributed by atoms with van der Waals surface area (Å²) < 4.78 is 0. The predicted molar refractivity (Wildman–Crippen MR) is 48.0 cm³/mol. The van der Waals surface area contributed by atoms with E-state index in [1.165, 1.54) is 6.34 Å². The SMILES string of the molecule is C/N=C\N=c1/[nH]c(C)ncc1C. The van der Waals surface area contributed by atoms with Gasteiger partial charge in [0.05, 0.1) is 0 Å². The highest BCUT2D eigenvalue weighted by atomic mass is 14.9. The number of aromatic amines is 1. The highest BCUT2D eigenvalue weighted by Crippen LogP contribution is 1.84. The van der Waals surface area contributed by atoms with Crippen molar-refractivity contribution in [3.05, 3.63) is 23.1 Å². The minimum atomic E-state index is 0.813. The molecule has 0 fully saturated rings. The molecule has 1 N–H and O–H groups in total. The van der Waals surface area contributed by atoms with Gasteiger partial charge in [-0.3, -0.25) is 4.99 Å². The van der Waals surface area contributed by atoms with Gasteiger partial charge in [0.25, 0.3) is 0 Å². The first-order chi connectivity index (χ1) is 5.74. The lowest BCUT2D eigenvalue weighted by atomic mass is 10.4. The Morgan fingerprint density at radius 3 is 2.92 bits per heavy atom. The van der Waals surface area contributed by atoms with Crippen LogP contribution in [0.3, 0.4) is 0 Å². The second-order valence-electron chi connectivity index (χ2n) is 2.50. The lowest BCUT2D eigenvalue weighted by Crippen LogP contribution is -2.14. The van der Waals surface area contributed by atoms with Gasteiger partial charge < -0.3 is 4.98 Å². The van der Waals surface area contributed by atoms with Gasteiger partial charge in [0.1, 0.15) is 17.7 Å². The van der Waals surface area contributed by atoms with Crippen molar-refractivity contribution in [3.8, 4) is 0 Å². The molecule has 0 aromatic carbocycles. The van der Waals surface area contributed by atoms with Crippen LogP contribution < -0.4 is 5.49 Å². The molecule has 0 aliphatic rings. The summed E-state index contributed by atoms with van der Waals surface area (Å²) >= 11 is 0. The molecule has 12 heavy (non-hydrogen) atoms. The van der Waals surface area contributed by atoms with Crippen molar-refractivity contribution >= 4 is 6.34 Å². The number of aromatic nitrogens is 2. The van der Waals surface area contributed by atoms with Gasteiger partial charge >= 0.3 is 0 Å². The molecule has 0 aliphatic heterocycles. The number of rotatable bonds is 1. The lowest BCUT2D eigenvalue weighted by Gasteiger charge is -1.94. The van der Waals surface area contributed by atoms with Crippen molar-refractivity contribution in [2.45, 2.75) is 13.8 Å². The Hall–Kier alpha value is -1.45. The van der Waals surface area contributed by atoms with Crippen LogP contribution in [0.4, 0.5) is 0 Å². The fraction of sp³-hybridized carbons (Fsp3) is 0.375. The summed E-state index contributed by atoms with van der Waals surface area (Å²) in [6.07, 6.45) is 3.30. The van der Waals surface area contributed by atoms with E-state index in [0.717, 1.165) is 16.9 Å². The molecule has 4 heteroatoms. The van der Waals surface area contributed by atoms with E-state index < -0.39 is 0 Å². The van der Waals surface area contributed by atoms with Crippen molar-refractivity contribution in [2.24, 2.45) is 9.98 Å². The largest absolute Gasteiger partial charge is 0.328 e. The van der Waals surface area contributed by atoms with Crippen molar-refractivity contribution in [3.63, 3.8) is 0 Å². The summed E-state index contributed by atoms with van der Waals surface area (Å²) in [6.45, 7) is 3.84. The maximum Gasteiger partial charge on any atom is 0.137 e. The molecule has 1 rings (SSSR count). The Morgan fingerprint density at radius 2 is 2.25 bits per heavy atom. The van der Waals surface area contributed by atoms with Gasteiger partial charge in [-0.25, -0.2) is 9.98 Å². The van der Waals surface area contributed by atoms with E-state index in [9.17, 15) is 0 Å². The van der Waals surface area contributed by atoms with Crippen LogP contribution >= 0.6 is 0 Å². The summed E-state index contributed by atoms with van der Waals surface area (Å²) in [5.41, 5.74) is 1.83. The zero-order chi connectivity index (χ0) is 8.97. The van der Waals surface area contributed by atoms with Gasteiger partial charge in [-0.2, -0.15) is 0 Å². The van der Waals surface area contributed by atoms with Gasteiger partial charge in [0, 0.05) is 18.8 Å². The highest BCUT2D eigenvalue weighted by molar-refractivity contribution is 5.54. The third-order valence-electron chi connectivity index (χ3n) is 1.43. The predicted octanol–water partition coefficient (Wildman–Crippen LogP) is 0.585. The summed E-state index contributed by atoms with van der Waals surface area (Å²) in [5.74, 6) is 0.851. The molecule has 0 radical (unpaired) electrons. The number of aryl methyl sites for hydroxylation is 2. The molecular formula is C8H12N4. The topological polar surface area (TPSA) is 53.4 Å². The summed E-state index contributed by atoms with van der Waals surface area (Å²) in [6, 6.07) is 0. The standard InChI is InChI=1S/C8H12N4/c1-6-4-10-7(2)12-8(6)11-5-9-3/h4-5H,1-3H3,(H,9,10,11,12). The molecule has 0 amide bonds. The average molecular weight is 164 g/mol. The number of H-pyrrole nitrogens is 1. The van der Waals surface area contributed by atoms with Crippen molar-refractivity contribution in [1.29, 1.82) is 0 Å². The molecule has 64 valence electrons. The van der Waals surface area contributed by atoms with Crippen LogP contribution in [0.5, 0.6) is 0 Å². The monoisotopic (exact) mass is 164 g/mol. The van der Waals surface area contributed by atoms with Crippen LogP contribution in [0.25, 0.3) is 0 Å². The first-order valence-electron chi connectivity index (χ1n) is 3.71. The third kappa shape index (κ3) is 2.02. The molecular weight excluding hydrogens is 152 g/mol. The zero-order valence-electron chi connectivity index (χ0n) is 7.50. The van der Waals surface area contributed by atoms with Gasteiger partial charge in [0.15, 0.2) is 0 Å². The molecule has 0 spiro atoms. The fourth-order valence-electron chi connectivity index (χ4n) is 0.807. The van der Waals surface area contributed by atoms with E-state index in [1.807, 2.05) is 13.8 Å². The van der Waals surface area contributed by atoms with Crippen LogP contribution in [0.15, 0.2) is 16.2 Å². The van der Waals surface area contributed by atoms with Gasteiger partial charge in [0.2, 0.25) is 0 Å². The van der Waals surface area contributed by atoms with E-state index >= 15 is 0 Å². The molecule has 1 aromatic heterocycles. The molecule has 0 unspecified atom stereocenters. The number of aliphatic imine (C=N–C) groups is 1. The first-order valence-corrected chi connectivity index (χ1v) is 3.71. The Balaban J connectivity index is 3.22. The number of nitrogens with one attached hydrogen (secondary N) is 1. The first kappa shape index (κ1) is 8.64. The molecule has 0 aliphatic carbocycles. The van der Waals surface area contributed by atoms with Crippen LogP contribution in [0.1, 0.15) is 11.4 Å². The molecule has 1 aromatic rings. The van der Waals surface area contributed by atoms with Crippen LogP contribution in [-0.4, -0.2) is 23.4 Å². The van der Waals surface area contributed by atoms with Crippen LogP contribution in [0.2, 0.25) is 0 Å². The molecule has 0 saturated carbocycles. The summed E-state index contributed by atoms with van der Waals surface area (Å²) in [5, 5.41) is 0. The van der Waals surface area contributed by atoms with E-state index in [0.29, 0.717) is 0 Å². The smallest absolute Gasteiger partial charge is 0.137 e. The zero-order valence-corrected chi connectivity index (χ0v) is 7.50. The van der Waals surface area contributed by atoms with Crippen molar-refractivity contribution < 1.29 is 0 Å². The second kappa shape index (κ2) is 3.80. The van der Waals surface area contributed by atoms with Gasteiger partial charge in [-0.1, -0.05) is 0 Å². The highest BCUT2D eigenvalue weighted by Gasteiger charge is 1.89. The van der Waals surface area contributed by atoms with Crippen molar-refractivity contribution in [1.82, 2.24) is 9.97 Å². The van der Waals surface area contributed by atoms with E-state index in [-0.39, 0.29) is 0 Å². The Kier molecular flexibility index (Phi) is 2.74. The third-order valence-corrected chi connectivity index (χ3v) is 1.43. The number of hydrogen-bond donors (Lipinski definition) is 1. The lowest BCUT2D eigenvalue weighted by molar-refractivity contribution is 0.970. The summed E-state index contributed by atoms with van der Waals surface area (Å²) in [4.78, 5) is 15.0. The molecule has 4 nitrogen and oxygen atoms in total. The maximum atomic E-state index is 4.10. The maximum absolute atomic E-state index is 4.10. The number of hydrogen-bond acceptors (Lipinski definition) is 2. The normalized spacial score (nSPS) is 12.8. The average Bonchev–Trinajstić information content (AvgIpc) is 2.07. The quantitative estimate of drug-likeness (QED) is 0.479. The summed E-state index contributed by atoms with van der Waals surface area (Å²) in [7, 11) is 1.69. The Morgan fingerprint density at radius 1 is 1.50 bits per heavy atom. The van der Waals surface area contributed by atoms with E-state index in [2.05, 4.69) is 20.0 Å². The van der Waals surface area contributed by atoms with Crippen LogP contribution in [0, 0.1) is 13.8 Å². The molecule has 1 heterocycles. The molecule has 0 atom stereocenters. The molecule has 0 bridgehead atoms. The Bertz CT molecular complexity index is 348. The van der Waals surface area contributed by atoms with Gasteiger partial charge in [-0.05, 0) is 13.8 Å². The van der Waals surface area contributed by atoms with E-state index in [1.54, 1.807) is 13.2 Å². The Labute approximate surface area is 71.1 Å². The molecule has 0 saturated heterocycles. The minimum absolute atomic E-state index is 0.813. The fourth-order valence-corrected chi connectivity index (χ4v) is 0.807. The van der Waals surface area contributed by atoms with Crippen LogP contribution in [-0.2, 0) is 0 Å². The van der Waals surface area contributed by atoms with E-state index in [4.69, 9.17) is 0 Å². The number of nitrogens with zero attached hydrogens (tertiary/aromatic N) is 3. The van der Waals surface area contributed by atoms with Gasteiger partial charge in [-0.15, -0.1) is 0 Å². The second-order valence-corrected chi connectivity index (χ2v) is 2.50. The van der Waals surface area contributed by atoms with Crippen molar-refractivity contribution in [2.75, 3.05) is 7.05 Å². The minimum Gasteiger partial charge on any atom is -0.328 e.